The molecule has 20 heavy (non-hydrogen) atoms. The average molecular weight is 356 g/mol. The van der Waals surface area contributed by atoms with Crippen molar-refractivity contribution in [1.29, 1.82) is 0 Å². The van der Waals surface area contributed by atoms with Gasteiger partial charge in [-0.05, 0) is 42.8 Å². The van der Waals surface area contributed by atoms with Crippen LogP contribution in [0.1, 0.15) is 11.1 Å². The van der Waals surface area contributed by atoms with Crippen molar-refractivity contribution in [2.24, 2.45) is 10.9 Å². The van der Waals surface area contributed by atoms with E-state index in [4.69, 9.17) is 27.3 Å². The van der Waals surface area contributed by atoms with Gasteiger partial charge in [0, 0.05) is 15.6 Å². The number of nitrogens with two attached hydrogens (primary N) is 1. The van der Waals surface area contributed by atoms with E-state index in [9.17, 15) is 0 Å². The highest BCUT2D eigenvalue weighted by Gasteiger charge is 2.11. The van der Waals surface area contributed by atoms with Gasteiger partial charge in [0.15, 0.2) is 5.84 Å². The number of hydrogen-bond acceptors (Lipinski definition) is 3. The second kappa shape index (κ2) is 6.15. The highest BCUT2D eigenvalue weighted by atomic mass is 79.9. The van der Waals surface area contributed by atoms with Crippen LogP contribution in [0.4, 0.5) is 0 Å². The Morgan fingerprint density at radius 3 is 2.70 bits per heavy atom. The number of oxime groups is 1. The number of hydrogen-bond donors (Lipinski definition) is 2. The summed E-state index contributed by atoms with van der Waals surface area (Å²) < 4.78 is 6.77. The third-order valence-corrected chi connectivity index (χ3v) is 3.81. The van der Waals surface area contributed by atoms with E-state index in [1.165, 1.54) is 0 Å². The molecule has 4 nitrogen and oxygen atoms in total. The maximum Gasteiger partial charge on any atom is 0.173 e. The molecule has 0 heterocycles. The second-order valence-electron chi connectivity index (χ2n) is 4.14. The summed E-state index contributed by atoms with van der Waals surface area (Å²) in [5.74, 6) is 1.03. The van der Waals surface area contributed by atoms with E-state index < -0.39 is 0 Å². The fraction of sp³-hybridized carbons (Fsp3) is 0.0714. The summed E-state index contributed by atoms with van der Waals surface area (Å²) in [5.41, 5.74) is 7.13. The highest BCUT2D eigenvalue weighted by molar-refractivity contribution is 9.10. The van der Waals surface area contributed by atoms with Gasteiger partial charge in [0.05, 0.1) is 5.56 Å². The molecule has 0 atom stereocenters. The van der Waals surface area contributed by atoms with E-state index in [2.05, 4.69) is 21.1 Å². The van der Waals surface area contributed by atoms with Crippen molar-refractivity contribution in [3.63, 3.8) is 0 Å². The van der Waals surface area contributed by atoms with Crippen LogP contribution < -0.4 is 10.5 Å². The predicted octanol–water partition coefficient (Wildman–Crippen LogP) is 4.30. The average Bonchev–Trinajstić information content (AvgIpc) is 2.42. The molecule has 0 saturated heterocycles. The minimum absolute atomic E-state index is 0.0366. The van der Waals surface area contributed by atoms with Gasteiger partial charge in [-0.1, -0.05) is 32.7 Å². The Balaban J connectivity index is 2.41. The summed E-state index contributed by atoms with van der Waals surface area (Å²) in [6, 6.07) is 10.5. The normalized spacial score (nSPS) is 11.4. The fourth-order valence-corrected chi connectivity index (χ4v) is 2.06. The van der Waals surface area contributed by atoms with Crippen molar-refractivity contribution < 1.29 is 9.94 Å². The van der Waals surface area contributed by atoms with Crippen LogP contribution in [0.3, 0.4) is 0 Å². The van der Waals surface area contributed by atoms with Crippen LogP contribution in [0.25, 0.3) is 0 Å². The molecular weight excluding hydrogens is 344 g/mol. The van der Waals surface area contributed by atoms with Crippen LogP contribution in [0, 0.1) is 6.92 Å². The van der Waals surface area contributed by atoms with Gasteiger partial charge in [0.2, 0.25) is 0 Å². The topological polar surface area (TPSA) is 67.8 Å². The first-order valence-electron chi connectivity index (χ1n) is 5.72. The van der Waals surface area contributed by atoms with Crippen molar-refractivity contribution in [2.45, 2.75) is 6.92 Å². The van der Waals surface area contributed by atoms with Gasteiger partial charge in [-0.25, -0.2) is 0 Å². The number of rotatable bonds is 3. The van der Waals surface area contributed by atoms with Crippen LogP contribution in [-0.4, -0.2) is 11.0 Å². The molecule has 0 unspecified atom stereocenters. The van der Waals surface area contributed by atoms with E-state index in [1.807, 2.05) is 25.1 Å². The van der Waals surface area contributed by atoms with Gasteiger partial charge in [0.25, 0.3) is 0 Å². The van der Waals surface area contributed by atoms with E-state index in [0.717, 1.165) is 10.0 Å². The van der Waals surface area contributed by atoms with Crippen molar-refractivity contribution in [3.05, 3.63) is 57.0 Å². The van der Waals surface area contributed by atoms with Crippen LogP contribution in [0.2, 0.25) is 5.02 Å². The highest BCUT2D eigenvalue weighted by Crippen LogP contribution is 2.30. The number of benzene rings is 2. The molecule has 0 fully saturated rings. The van der Waals surface area contributed by atoms with E-state index in [0.29, 0.717) is 22.1 Å². The van der Waals surface area contributed by atoms with Gasteiger partial charge in [-0.2, -0.15) is 0 Å². The van der Waals surface area contributed by atoms with E-state index in [1.54, 1.807) is 18.2 Å². The Morgan fingerprint density at radius 1 is 1.30 bits per heavy atom. The molecule has 6 heteroatoms. The number of ether oxygens (including phenoxy) is 1. The molecule has 2 rings (SSSR count). The molecule has 0 aliphatic rings. The number of amidine groups is 1. The maximum atomic E-state index is 8.80. The zero-order chi connectivity index (χ0) is 14.7. The van der Waals surface area contributed by atoms with Crippen molar-refractivity contribution >= 4 is 33.4 Å². The molecule has 0 bridgehead atoms. The minimum Gasteiger partial charge on any atom is -0.457 e. The summed E-state index contributed by atoms with van der Waals surface area (Å²) >= 11 is 9.38. The molecule has 0 aliphatic carbocycles. The minimum atomic E-state index is -0.0366. The lowest BCUT2D eigenvalue weighted by Crippen LogP contribution is -2.14. The first-order valence-corrected chi connectivity index (χ1v) is 6.90. The molecule has 0 spiro atoms. The quantitative estimate of drug-likeness (QED) is 0.373. The smallest absolute Gasteiger partial charge is 0.173 e. The van der Waals surface area contributed by atoms with Crippen LogP contribution in [0.15, 0.2) is 46.0 Å². The molecule has 0 aliphatic heterocycles. The lowest BCUT2D eigenvalue weighted by molar-refractivity contribution is 0.318. The first kappa shape index (κ1) is 14.7. The SMILES string of the molecule is Cc1cc(Oc2cc(Cl)ccc2/C(N)=N/O)ccc1Br. The molecule has 2 aromatic rings. The van der Waals surface area contributed by atoms with Crippen LogP contribution in [0.5, 0.6) is 11.5 Å². The van der Waals surface area contributed by atoms with Crippen molar-refractivity contribution in [3.8, 4) is 11.5 Å². The summed E-state index contributed by atoms with van der Waals surface area (Å²) in [4.78, 5) is 0. The van der Waals surface area contributed by atoms with Crippen molar-refractivity contribution in [2.75, 3.05) is 0 Å². The van der Waals surface area contributed by atoms with Crippen molar-refractivity contribution in [1.82, 2.24) is 0 Å². The molecule has 2 aromatic carbocycles. The zero-order valence-corrected chi connectivity index (χ0v) is 12.9. The van der Waals surface area contributed by atoms with Gasteiger partial charge >= 0.3 is 0 Å². The Morgan fingerprint density at radius 2 is 2.05 bits per heavy atom. The molecule has 0 saturated carbocycles. The third kappa shape index (κ3) is 3.23. The lowest BCUT2D eigenvalue weighted by atomic mass is 10.2. The zero-order valence-electron chi connectivity index (χ0n) is 10.6. The third-order valence-electron chi connectivity index (χ3n) is 2.68. The first-order chi connectivity index (χ1) is 9.51. The number of nitrogens with zero attached hydrogens (tertiary/aromatic N) is 1. The number of halogens is 2. The summed E-state index contributed by atoms with van der Waals surface area (Å²) in [6.07, 6.45) is 0. The monoisotopic (exact) mass is 354 g/mol. The second-order valence-corrected chi connectivity index (χ2v) is 5.43. The van der Waals surface area contributed by atoms with Gasteiger partial charge in [0.1, 0.15) is 11.5 Å². The summed E-state index contributed by atoms with van der Waals surface area (Å²) in [7, 11) is 0. The Bertz CT molecular complexity index is 674. The Labute approximate surface area is 129 Å². The fourth-order valence-electron chi connectivity index (χ4n) is 1.65. The van der Waals surface area contributed by atoms with Crippen LogP contribution >= 0.6 is 27.5 Å². The standard InChI is InChI=1S/C14H12BrClN2O2/c1-8-6-10(3-5-12(8)15)20-13-7-9(16)2-4-11(13)14(17)18-19/h2-7,19H,1H3,(H2,17,18). The van der Waals surface area contributed by atoms with E-state index >= 15 is 0 Å². The lowest BCUT2D eigenvalue weighted by Gasteiger charge is -2.11. The van der Waals surface area contributed by atoms with Gasteiger partial charge in [-0.3, -0.25) is 0 Å². The van der Waals surface area contributed by atoms with Gasteiger partial charge in [-0.15, -0.1) is 0 Å². The predicted molar refractivity (Wildman–Crippen MR) is 82.9 cm³/mol. The molecule has 0 amide bonds. The van der Waals surface area contributed by atoms with Gasteiger partial charge < -0.3 is 15.7 Å². The van der Waals surface area contributed by atoms with Crippen LogP contribution in [-0.2, 0) is 0 Å². The largest absolute Gasteiger partial charge is 0.457 e. The Kier molecular flexibility index (Phi) is 4.52. The number of aryl methyl sites for hydroxylation is 1. The van der Waals surface area contributed by atoms with E-state index in [-0.39, 0.29) is 5.84 Å². The summed E-state index contributed by atoms with van der Waals surface area (Å²) in [5, 5.41) is 12.3. The molecule has 0 aromatic heterocycles. The molecule has 104 valence electrons. The molecule has 3 N–H and O–H groups in total. The molecular formula is C14H12BrClN2O2. The maximum absolute atomic E-state index is 8.80. The Hall–Kier alpha value is -1.72. The summed E-state index contributed by atoms with van der Waals surface area (Å²) in [6.45, 7) is 1.96. The molecule has 0 radical (unpaired) electrons.